The van der Waals surface area contributed by atoms with Crippen LogP contribution in [0.2, 0.25) is 0 Å². The largest absolute Gasteiger partial charge is 0.434 e. The van der Waals surface area contributed by atoms with Crippen molar-refractivity contribution in [3.63, 3.8) is 0 Å². The van der Waals surface area contributed by atoms with Gasteiger partial charge < -0.3 is 10.5 Å². The smallest absolute Gasteiger partial charge is 0.219 e. The third-order valence-electron chi connectivity index (χ3n) is 2.07. The highest BCUT2D eigenvalue weighted by atomic mass is 19.1. The van der Waals surface area contributed by atoms with Gasteiger partial charge in [-0.3, -0.25) is 0 Å². The van der Waals surface area contributed by atoms with Gasteiger partial charge in [-0.25, -0.2) is 9.37 Å². The van der Waals surface area contributed by atoms with Crippen LogP contribution < -0.4 is 10.5 Å². The molecule has 0 spiro atoms. The molecule has 2 rings (SSSR count). The van der Waals surface area contributed by atoms with Gasteiger partial charge in [0, 0.05) is 12.3 Å². The predicted molar refractivity (Wildman–Crippen MR) is 59.8 cm³/mol. The number of nitrogens with zero attached hydrogens (tertiary/aromatic N) is 2. The number of nitrogen functional groups attached to an aromatic ring is 1. The van der Waals surface area contributed by atoms with Crippen LogP contribution in [0.25, 0.3) is 0 Å². The summed E-state index contributed by atoms with van der Waals surface area (Å²) in [6.45, 7) is 0. The predicted octanol–water partition coefficient (Wildman–Crippen LogP) is 2.47. The zero-order chi connectivity index (χ0) is 12.3. The maximum absolute atomic E-state index is 13.4. The van der Waals surface area contributed by atoms with E-state index in [0.717, 1.165) is 0 Å². The highest BCUT2D eigenvalue weighted by Crippen LogP contribution is 2.28. The number of nitrogens with two attached hydrogens (primary N) is 1. The normalized spacial score (nSPS) is 9.65. The molecule has 1 aromatic heterocycles. The molecule has 2 N–H and O–H groups in total. The van der Waals surface area contributed by atoms with E-state index >= 15 is 0 Å². The van der Waals surface area contributed by atoms with Crippen LogP contribution >= 0.6 is 0 Å². The van der Waals surface area contributed by atoms with Gasteiger partial charge in [-0.2, -0.15) is 5.26 Å². The van der Waals surface area contributed by atoms with E-state index < -0.39 is 5.82 Å². The maximum atomic E-state index is 13.4. The van der Waals surface area contributed by atoms with E-state index in [1.54, 1.807) is 0 Å². The summed E-state index contributed by atoms with van der Waals surface area (Å²) in [6.07, 6.45) is 1.34. The summed E-state index contributed by atoms with van der Waals surface area (Å²) in [6, 6.07) is 9.19. The second-order valence-electron chi connectivity index (χ2n) is 3.26. The summed E-state index contributed by atoms with van der Waals surface area (Å²) in [5.74, 6) is -0.443. The number of nitriles is 1. The number of anilines is 1. The van der Waals surface area contributed by atoms with Gasteiger partial charge in [-0.05, 0) is 18.2 Å². The Hall–Kier alpha value is -2.61. The number of pyridine rings is 1. The van der Waals surface area contributed by atoms with Gasteiger partial charge in [0.1, 0.15) is 6.07 Å². The zero-order valence-corrected chi connectivity index (χ0v) is 8.72. The number of aromatic nitrogens is 1. The fraction of sp³-hybridized carbons (Fsp3) is 0. The standard InChI is InChI=1S/C12H8FN3O/c13-9-2-1-3-10(15)12(9)17-11-5-4-8(6-14)7-16-11/h1-5,7H,15H2. The molecule has 4 nitrogen and oxygen atoms in total. The van der Waals surface area contributed by atoms with Gasteiger partial charge in [0.05, 0.1) is 11.3 Å². The zero-order valence-electron chi connectivity index (χ0n) is 8.72. The Balaban J connectivity index is 2.29. The second-order valence-corrected chi connectivity index (χ2v) is 3.26. The topological polar surface area (TPSA) is 71.9 Å². The fourth-order valence-corrected chi connectivity index (χ4v) is 1.24. The molecule has 0 saturated heterocycles. The molecule has 1 aromatic carbocycles. The number of rotatable bonds is 2. The van der Waals surface area contributed by atoms with Crippen molar-refractivity contribution < 1.29 is 9.13 Å². The van der Waals surface area contributed by atoms with Crippen LogP contribution in [0.4, 0.5) is 10.1 Å². The third-order valence-corrected chi connectivity index (χ3v) is 2.07. The van der Waals surface area contributed by atoms with E-state index in [1.165, 1.54) is 36.5 Å². The molecule has 0 unspecified atom stereocenters. The average molecular weight is 229 g/mol. The molecule has 0 bridgehead atoms. The van der Waals surface area contributed by atoms with E-state index in [-0.39, 0.29) is 17.3 Å². The van der Waals surface area contributed by atoms with Crippen molar-refractivity contribution in [1.29, 1.82) is 5.26 Å². The Kier molecular flexibility index (Phi) is 2.88. The molecule has 0 aliphatic rings. The van der Waals surface area contributed by atoms with Gasteiger partial charge in [0.2, 0.25) is 5.88 Å². The molecule has 0 fully saturated rings. The molecule has 0 aliphatic heterocycles. The number of para-hydroxylation sites is 1. The van der Waals surface area contributed by atoms with Crippen LogP contribution in [0.5, 0.6) is 11.6 Å². The first kappa shape index (κ1) is 10.9. The summed E-state index contributed by atoms with van der Waals surface area (Å²) >= 11 is 0. The first-order valence-electron chi connectivity index (χ1n) is 4.78. The van der Waals surface area contributed by atoms with Gasteiger partial charge in [-0.15, -0.1) is 0 Å². The average Bonchev–Trinajstić information content (AvgIpc) is 2.35. The third kappa shape index (κ3) is 2.32. The lowest BCUT2D eigenvalue weighted by molar-refractivity contribution is 0.430. The summed E-state index contributed by atoms with van der Waals surface area (Å²) in [5, 5.41) is 8.60. The van der Waals surface area contributed by atoms with Crippen molar-refractivity contribution in [2.24, 2.45) is 0 Å². The number of halogens is 1. The molecular formula is C12H8FN3O. The molecule has 5 heteroatoms. The maximum Gasteiger partial charge on any atom is 0.219 e. The Labute approximate surface area is 97.1 Å². The van der Waals surface area contributed by atoms with Gasteiger partial charge in [-0.1, -0.05) is 6.07 Å². The highest BCUT2D eigenvalue weighted by molar-refractivity contribution is 5.54. The molecular weight excluding hydrogens is 221 g/mol. The molecule has 17 heavy (non-hydrogen) atoms. The van der Waals surface area contributed by atoms with Crippen molar-refractivity contribution in [2.45, 2.75) is 0 Å². The lowest BCUT2D eigenvalue weighted by atomic mass is 10.3. The van der Waals surface area contributed by atoms with E-state index in [0.29, 0.717) is 5.56 Å². The molecule has 2 aromatic rings. The number of benzene rings is 1. The lowest BCUT2D eigenvalue weighted by Gasteiger charge is -2.07. The second kappa shape index (κ2) is 4.49. The van der Waals surface area contributed by atoms with Crippen molar-refractivity contribution in [1.82, 2.24) is 4.98 Å². The van der Waals surface area contributed by atoms with Crippen LogP contribution in [-0.2, 0) is 0 Å². The molecule has 0 radical (unpaired) electrons. The molecule has 1 heterocycles. The molecule has 0 atom stereocenters. The molecule has 0 aliphatic carbocycles. The molecule has 84 valence electrons. The highest BCUT2D eigenvalue weighted by Gasteiger charge is 2.09. The summed E-state index contributed by atoms with van der Waals surface area (Å²) in [4.78, 5) is 3.86. The Morgan fingerprint density at radius 2 is 2.12 bits per heavy atom. The van der Waals surface area contributed by atoms with Crippen molar-refractivity contribution in [3.05, 3.63) is 47.9 Å². The van der Waals surface area contributed by atoms with Crippen LogP contribution in [-0.4, -0.2) is 4.98 Å². The minimum atomic E-state index is -0.559. The SMILES string of the molecule is N#Cc1ccc(Oc2c(N)cccc2F)nc1. The summed E-state index contributed by atoms with van der Waals surface area (Å²) in [7, 11) is 0. The van der Waals surface area contributed by atoms with E-state index in [4.69, 9.17) is 15.7 Å². The number of hydrogen-bond acceptors (Lipinski definition) is 4. The van der Waals surface area contributed by atoms with E-state index in [1.807, 2.05) is 6.07 Å². The van der Waals surface area contributed by atoms with Gasteiger partial charge in [0.15, 0.2) is 11.6 Å². The Morgan fingerprint density at radius 1 is 1.29 bits per heavy atom. The van der Waals surface area contributed by atoms with Crippen LogP contribution in [0, 0.1) is 17.1 Å². The Bertz CT molecular complexity index is 555. The fourth-order valence-electron chi connectivity index (χ4n) is 1.24. The van der Waals surface area contributed by atoms with Gasteiger partial charge in [0.25, 0.3) is 0 Å². The van der Waals surface area contributed by atoms with Crippen molar-refractivity contribution in [2.75, 3.05) is 5.73 Å². The number of ether oxygens (including phenoxy) is 1. The van der Waals surface area contributed by atoms with Crippen LogP contribution in [0.15, 0.2) is 36.5 Å². The van der Waals surface area contributed by atoms with Crippen LogP contribution in [0.3, 0.4) is 0 Å². The minimum Gasteiger partial charge on any atom is -0.434 e. The minimum absolute atomic E-state index is 0.0651. The first-order chi connectivity index (χ1) is 8.20. The van der Waals surface area contributed by atoms with Gasteiger partial charge >= 0.3 is 0 Å². The number of hydrogen-bond donors (Lipinski definition) is 1. The first-order valence-corrected chi connectivity index (χ1v) is 4.78. The quantitative estimate of drug-likeness (QED) is 0.803. The van der Waals surface area contributed by atoms with Crippen molar-refractivity contribution >= 4 is 5.69 Å². The molecule has 0 amide bonds. The van der Waals surface area contributed by atoms with Crippen molar-refractivity contribution in [3.8, 4) is 17.7 Å². The summed E-state index contributed by atoms with van der Waals surface area (Å²) in [5.41, 5.74) is 6.17. The van der Waals surface area contributed by atoms with Crippen LogP contribution in [0.1, 0.15) is 5.56 Å². The Morgan fingerprint density at radius 3 is 2.71 bits per heavy atom. The molecule has 0 saturated carbocycles. The van der Waals surface area contributed by atoms with E-state index in [9.17, 15) is 4.39 Å². The summed E-state index contributed by atoms with van der Waals surface area (Å²) < 4.78 is 18.6. The van der Waals surface area contributed by atoms with E-state index in [2.05, 4.69) is 4.98 Å². The monoisotopic (exact) mass is 229 g/mol. The lowest BCUT2D eigenvalue weighted by Crippen LogP contribution is -1.96.